The molecule has 0 saturated carbocycles. The van der Waals surface area contributed by atoms with Crippen molar-refractivity contribution in [3.05, 3.63) is 107 Å². The Morgan fingerprint density at radius 1 is 0.812 bits per heavy atom. The summed E-state index contributed by atoms with van der Waals surface area (Å²) in [6.07, 6.45) is 0.356. The molecule has 1 N–H and O–H groups in total. The number of nitrogens with zero attached hydrogens (tertiary/aromatic N) is 1. The molecule has 3 aromatic carbocycles. The number of carbonyl (C=O) groups excluding carboxylic acids is 2. The van der Waals surface area contributed by atoms with E-state index in [-0.39, 0.29) is 36.4 Å². The van der Waals surface area contributed by atoms with Gasteiger partial charge in [0.1, 0.15) is 17.7 Å². The molecule has 0 saturated heterocycles. The molecule has 0 aliphatic heterocycles. The maximum absolute atomic E-state index is 13.4. The predicted octanol–water partition coefficient (Wildman–Crippen LogP) is 4.28. The van der Waals surface area contributed by atoms with Crippen LogP contribution in [0.15, 0.2) is 78.9 Å². The molecular formula is C26H26F2N2O2. The Morgan fingerprint density at radius 3 is 1.94 bits per heavy atom. The third-order valence-corrected chi connectivity index (χ3v) is 5.16. The molecule has 6 heteroatoms. The predicted molar refractivity (Wildman–Crippen MR) is 120 cm³/mol. The van der Waals surface area contributed by atoms with Crippen molar-refractivity contribution in [2.24, 2.45) is 0 Å². The minimum atomic E-state index is -0.754. The molecule has 0 radical (unpaired) electrons. The molecule has 1 atom stereocenters. The lowest BCUT2D eigenvalue weighted by atomic mass is 10.0. The van der Waals surface area contributed by atoms with Crippen LogP contribution in [0.1, 0.15) is 23.6 Å². The van der Waals surface area contributed by atoms with E-state index < -0.39 is 6.04 Å². The van der Waals surface area contributed by atoms with Crippen LogP contribution in [0.2, 0.25) is 0 Å². The van der Waals surface area contributed by atoms with Gasteiger partial charge in [0, 0.05) is 19.5 Å². The smallest absolute Gasteiger partial charge is 0.243 e. The first-order valence-electron chi connectivity index (χ1n) is 10.6. The maximum Gasteiger partial charge on any atom is 0.243 e. The Kier molecular flexibility index (Phi) is 8.08. The highest BCUT2D eigenvalue weighted by Gasteiger charge is 2.30. The number of amides is 2. The monoisotopic (exact) mass is 436 g/mol. The second-order valence-electron chi connectivity index (χ2n) is 7.55. The van der Waals surface area contributed by atoms with Crippen LogP contribution < -0.4 is 5.32 Å². The van der Waals surface area contributed by atoms with Crippen LogP contribution in [0.4, 0.5) is 8.78 Å². The molecule has 0 heterocycles. The highest BCUT2D eigenvalue weighted by atomic mass is 19.1. The highest BCUT2D eigenvalue weighted by molar-refractivity contribution is 5.88. The van der Waals surface area contributed by atoms with Crippen molar-refractivity contribution in [1.29, 1.82) is 0 Å². The van der Waals surface area contributed by atoms with Crippen molar-refractivity contribution in [2.75, 3.05) is 6.54 Å². The Bertz CT molecular complexity index is 1020. The molecule has 1 unspecified atom stereocenters. The Labute approximate surface area is 186 Å². The Hall–Kier alpha value is -3.54. The zero-order chi connectivity index (χ0) is 22.9. The summed E-state index contributed by atoms with van der Waals surface area (Å²) in [5.41, 5.74) is 2.28. The van der Waals surface area contributed by atoms with Crippen molar-refractivity contribution in [1.82, 2.24) is 10.2 Å². The lowest BCUT2D eigenvalue weighted by Crippen LogP contribution is -2.50. The second-order valence-corrected chi connectivity index (χ2v) is 7.55. The second kappa shape index (κ2) is 11.2. The number of hydrogen-bond donors (Lipinski definition) is 1. The molecule has 0 aliphatic rings. The van der Waals surface area contributed by atoms with Gasteiger partial charge in [0.2, 0.25) is 11.8 Å². The molecule has 2 amide bonds. The summed E-state index contributed by atoms with van der Waals surface area (Å²) >= 11 is 0. The van der Waals surface area contributed by atoms with Crippen LogP contribution in [0.5, 0.6) is 0 Å². The fraction of sp³-hybridized carbons (Fsp3) is 0.231. The summed E-state index contributed by atoms with van der Waals surface area (Å²) in [6.45, 7) is 2.40. The number of halogens is 2. The molecule has 0 fully saturated rings. The van der Waals surface area contributed by atoms with E-state index in [4.69, 9.17) is 0 Å². The summed E-state index contributed by atoms with van der Waals surface area (Å²) in [4.78, 5) is 27.9. The van der Waals surface area contributed by atoms with Gasteiger partial charge in [-0.1, -0.05) is 54.6 Å². The van der Waals surface area contributed by atoms with Crippen LogP contribution in [0.25, 0.3) is 0 Å². The number of benzene rings is 3. The molecule has 3 rings (SSSR count). The van der Waals surface area contributed by atoms with Gasteiger partial charge in [-0.05, 0) is 47.9 Å². The van der Waals surface area contributed by atoms with Gasteiger partial charge in [-0.25, -0.2) is 8.78 Å². The standard InChI is InChI=1S/C26H26F2N2O2/c1-2-29-26(32)24(16-19-6-4-3-5-7-19)30(18-21-10-14-23(28)15-11-21)25(31)17-20-8-12-22(27)13-9-20/h3-15,24H,2,16-18H2,1H3,(H,29,32). The summed E-state index contributed by atoms with van der Waals surface area (Å²) < 4.78 is 26.7. The number of likely N-dealkylation sites (N-methyl/N-ethyl adjacent to an activating group) is 1. The number of rotatable bonds is 9. The van der Waals surface area contributed by atoms with Crippen molar-refractivity contribution in [3.63, 3.8) is 0 Å². The molecule has 0 spiro atoms. The van der Waals surface area contributed by atoms with Gasteiger partial charge in [-0.3, -0.25) is 9.59 Å². The Morgan fingerprint density at radius 2 is 1.38 bits per heavy atom. The quantitative estimate of drug-likeness (QED) is 0.544. The molecular weight excluding hydrogens is 410 g/mol. The fourth-order valence-electron chi connectivity index (χ4n) is 3.51. The van der Waals surface area contributed by atoms with Gasteiger partial charge in [0.15, 0.2) is 0 Å². The normalized spacial score (nSPS) is 11.6. The van der Waals surface area contributed by atoms with Gasteiger partial charge >= 0.3 is 0 Å². The first-order valence-corrected chi connectivity index (χ1v) is 10.6. The maximum atomic E-state index is 13.4. The number of nitrogens with one attached hydrogen (secondary N) is 1. The van der Waals surface area contributed by atoms with E-state index in [1.807, 2.05) is 37.3 Å². The molecule has 166 valence electrons. The van der Waals surface area contributed by atoms with Gasteiger partial charge in [-0.15, -0.1) is 0 Å². The van der Waals surface area contributed by atoms with E-state index in [9.17, 15) is 18.4 Å². The lowest BCUT2D eigenvalue weighted by molar-refractivity contribution is -0.140. The minimum Gasteiger partial charge on any atom is -0.355 e. The zero-order valence-electron chi connectivity index (χ0n) is 17.9. The van der Waals surface area contributed by atoms with Crippen molar-refractivity contribution in [2.45, 2.75) is 32.4 Å². The largest absolute Gasteiger partial charge is 0.355 e. The Balaban J connectivity index is 1.93. The average Bonchev–Trinajstić information content (AvgIpc) is 2.79. The molecule has 0 aromatic heterocycles. The number of hydrogen-bond acceptors (Lipinski definition) is 2. The van der Waals surface area contributed by atoms with Crippen LogP contribution in [0.3, 0.4) is 0 Å². The van der Waals surface area contributed by atoms with Gasteiger partial charge in [0.05, 0.1) is 6.42 Å². The number of carbonyl (C=O) groups is 2. The first kappa shape index (κ1) is 23.1. The fourth-order valence-corrected chi connectivity index (χ4v) is 3.51. The van der Waals surface area contributed by atoms with Crippen LogP contribution >= 0.6 is 0 Å². The topological polar surface area (TPSA) is 49.4 Å². The van der Waals surface area contributed by atoms with Crippen molar-refractivity contribution < 1.29 is 18.4 Å². The zero-order valence-corrected chi connectivity index (χ0v) is 17.9. The average molecular weight is 437 g/mol. The summed E-state index contributed by atoms with van der Waals surface area (Å²) in [5, 5.41) is 2.83. The molecule has 32 heavy (non-hydrogen) atoms. The van der Waals surface area contributed by atoms with E-state index in [2.05, 4.69) is 5.32 Å². The van der Waals surface area contributed by atoms with E-state index in [1.54, 1.807) is 24.3 Å². The molecule has 3 aromatic rings. The van der Waals surface area contributed by atoms with Gasteiger partial charge in [0.25, 0.3) is 0 Å². The highest BCUT2D eigenvalue weighted by Crippen LogP contribution is 2.17. The SMILES string of the molecule is CCNC(=O)C(Cc1ccccc1)N(Cc1ccc(F)cc1)C(=O)Cc1ccc(F)cc1. The van der Waals surface area contributed by atoms with Crippen molar-refractivity contribution in [3.8, 4) is 0 Å². The summed E-state index contributed by atoms with van der Waals surface area (Å²) in [7, 11) is 0. The van der Waals surface area contributed by atoms with E-state index in [1.165, 1.54) is 29.2 Å². The summed E-state index contributed by atoms with van der Waals surface area (Å²) in [6, 6.07) is 20.3. The molecule has 0 aliphatic carbocycles. The van der Waals surface area contributed by atoms with E-state index in [0.29, 0.717) is 24.1 Å². The lowest BCUT2D eigenvalue weighted by Gasteiger charge is -2.31. The van der Waals surface area contributed by atoms with Gasteiger partial charge in [-0.2, -0.15) is 0 Å². The van der Waals surface area contributed by atoms with E-state index in [0.717, 1.165) is 5.56 Å². The molecule has 4 nitrogen and oxygen atoms in total. The van der Waals surface area contributed by atoms with Crippen LogP contribution in [0, 0.1) is 11.6 Å². The third kappa shape index (κ3) is 6.48. The minimum absolute atomic E-state index is 0.0200. The van der Waals surface area contributed by atoms with Crippen LogP contribution in [-0.4, -0.2) is 29.3 Å². The molecule has 0 bridgehead atoms. The van der Waals surface area contributed by atoms with Crippen molar-refractivity contribution >= 4 is 11.8 Å². The third-order valence-electron chi connectivity index (χ3n) is 5.16. The summed E-state index contributed by atoms with van der Waals surface area (Å²) in [5.74, 6) is -1.28. The van der Waals surface area contributed by atoms with E-state index >= 15 is 0 Å². The van der Waals surface area contributed by atoms with Gasteiger partial charge < -0.3 is 10.2 Å². The first-order chi connectivity index (χ1) is 15.5. The van der Waals surface area contributed by atoms with Crippen LogP contribution in [-0.2, 0) is 29.0 Å².